The fraction of sp³-hybridized carbons (Fsp3) is 0.864. The predicted octanol–water partition coefficient (Wildman–Crippen LogP) is 2.81. The summed E-state index contributed by atoms with van der Waals surface area (Å²) in [7, 11) is 2.03. The van der Waals surface area contributed by atoms with Gasteiger partial charge in [0, 0.05) is 43.2 Å². The molecule has 30 heavy (non-hydrogen) atoms. The number of nitrogens with zero attached hydrogens (tertiary/aromatic N) is 6. The lowest BCUT2D eigenvalue weighted by Crippen LogP contribution is -2.54. The maximum Gasteiger partial charge on any atom is 0.194 e. The van der Waals surface area contributed by atoms with Crippen LogP contribution in [-0.2, 0) is 13.6 Å². The van der Waals surface area contributed by atoms with Crippen molar-refractivity contribution >= 4 is 17.7 Å². The van der Waals surface area contributed by atoms with Gasteiger partial charge in [0.1, 0.15) is 12.4 Å². The molecule has 0 amide bonds. The van der Waals surface area contributed by atoms with E-state index in [0.29, 0.717) is 17.3 Å². The molecule has 1 aromatic heterocycles. The van der Waals surface area contributed by atoms with Crippen LogP contribution in [0.1, 0.15) is 63.5 Å². The van der Waals surface area contributed by atoms with Gasteiger partial charge in [-0.15, -0.1) is 10.2 Å². The number of likely N-dealkylation sites (N-methyl/N-ethyl adjacent to an activating group) is 1. The second-order valence-corrected chi connectivity index (χ2v) is 10.7. The Bertz CT molecular complexity index is 720. The Morgan fingerprint density at radius 1 is 1.20 bits per heavy atom. The molecular formula is C22H39N7S. The number of hydrogen-bond acceptors (Lipinski definition) is 5. The summed E-state index contributed by atoms with van der Waals surface area (Å²) in [6.07, 6.45) is 9.48. The minimum absolute atomic E-state index is 0.434. The Morgan fingerprint density at radius 3 is 2.77 bits per heavy atom. The van der Waals surface area contributed by atoms with E-state index in [0.717, 1.165) is 43.8 Å². The van der Waals surface area contributed by atoms with Gasteiger partial charge >= 0.3 is 0 Å². The van der Waals surface area contributed by atoms with E-state index in [1.54, 1.807) is 0 Å². The molecule has 1 unspecified atom stereocenters. The third kappa shape index (κ3) is 4.96. The maximum absolute atomic E-state index is 5.06. The van der Waals surface area contributed by atoms with Crippen molar-refractivity contribution in [2.75, 3.05) is 38.5 Å². The van der Waals surface area contributed by atoms with Crippen LogP contribution in [0.2, 0.25) is 0 Å². The molecule has 0 radical (unpaired) electrons. The molecule has 168 valence electrons. The lowest BCUT2D eigenvalue weighted by Gasteiger charge is -2.45. The number of aryl methyl sites for hydroxylation is 1. The van der Waals surface area contributed by atoms with Gasteiger partial charge in [-0.1, -0.05) is 26.2 Å². The van der Waals surface area contributed by atoms with E-state index >= 15 is 0 Å². The fourth-order valence-electron chi connectivity index (χ4n) is 5.28. The van der Waals surface area contributed by atoms with E-state index in [2.05, 4.69) is 44.0 Å². The smallest absolute Gasteiger partial charge is 0.194 e. The third-order valence-corrected chi connectivity index (χ3v) is 8.80. The van der Waals surface area contributed by atoms with Gasteiger partial charge in [-0.2, -0.15) is 11.8 Å². The third-order valence-electron chi connectivity index (χ3n) is 7.27. The topological polar surface area (TPSA) is 61.6 Å². The molecule has 1 aromatic rings. The number of aliphatic imine (C=N–C) groups is 1. The molecule has 2 saturated heterocycles. The molecular weight excluding hydrogens is 394 g/mol. The number of thioether (sulfide) groups is 1. The Labute approximate surface area is 186 Å². The summed E-state index contributed by atoms with van der Waals surface area (Å²) in [6, 6.07) is 0.625. The molecule has 2 aliphatic heterocycles. The summed E-state index contributed by atoms with van der Waals surface area (Å²) in [6.45, 7) is 10.4. The molecule has 3 heterocycles. The largest absolute Gasteiger partial charge is 0.355 e. The number of nitrogens with one attached hydrogen (secondary N) is 1. The van der Waals surface area contributed by atoms with Crippen molar-refractivity contribution in [2.24, 2.45) is 12.0 Å². The zero-order chi connectivity index (χ0) is 21.0. The van der Waals surface area contributed by atoms with Crippen LogP contribution in [-0.4, -0.2) is 79.8 Å². The highest BCUT2D eigenvalue weighted by atomic mass is 32.2. The molecule has 3 fully saturated rings. The molecule has 0 bridgehead atoms. The van der Waals surface area contributed by atoms with Crippen LogP contribution in [0.3, 0.4) is 0 Å². The molecule has 7 nitrogen and oxygen atoms in total. The van der Waals surface area contributed by atoms with Crippen molar-refractivity contribution in [1.82, 2.24) is 29.9 Å². The molecule has 8 heteroatoms. The van der Waals surface area contributed by atoms with Crippen LogP contribution < -0.4 is 5.32 Å². The highest BCUT2D eigenvalue weighted by Crippen LogP contribution is 2.42. The van der Waals surface area contributed by atoms with Gasteiger partial charge < -0.3 is 14.8 Å². The Balaban J connectivity index is 1.48. The van der Waals surface area contributed by atoms with Crippen LogP contribution >= 0.6 is 11.8 Å². The molecule has 1 spiro atoms. The van der Waals surface area contributed by atoms with Gasteiger partial charge in [-0.05, 0) is 45.7 Å². The number of rotatable bonds is 5. The Kier molecular flexibility index (Phi) is 7.24. The normalized spacial score (nSPS) is 25.2. The zero-order valence-corrected chi connectivity index (χ0v) is 19.9. The van der Waals surface area contributed by atoms with Crippen LogP contribution in [0.15, 0.2) is 4.99 Å². The van der Waals surface area contributed by atoms with Crippen LogP contribution in [0.25, 0.3) is 0 Å². The van der Waals surface area contributed by atoms with Gasteiger partial charge in [0.15, 0.2) is 11.8 Å². The minimum Gasteiger partial charge on any atom is -0.355 e. The van der Waals surface area contributed by atoms with E-state index in [1.807, 2.05) is 18.5 Å². The van der Waals surface area contributed by atoms with Gasteiger partial charge in [0.05, 0.1) is 0 Å². The van der Waals surface area contributed by atoms with Crippen molar-refractivity contribution in [3.05, 3.63) is 11.6 Å². The minimum atomic E-state index is 0.434. The van der Waals surface area contributed by atoms with Crippen LogP contribution in [0.4, 0.5) is 0 Å². The van der Waals surface area contributed by atoms with Crippen molar-refractivity contribution in [3.8, 4) is 0 Å². The number of likely N-dealkylation sites (tertiary alicyclic amines) is 1. The SMILES string of the molecule is CCN1CCCC1CNC(=NCc1nnc(C)n1C)N1CCSC2(CCCCC2)C1. The average Bonchev–Trinajstić information content (AvgIpc) is 3.35. The molecule has 1 atom stereocenters. The average molecular weight is 434 g/mol. The number of aromatic nitrogens is 3. The van der Waals surface area contributed by atoms with Crippen molar-refractivity contribution < 1.29 is 0 Å². The lowest BCUT2D eigenvalue weighted by atomic mass is 9.87. The fourth-order valence-corrected chi connectivity index (χ4v) is 6.85. The van der Waals surface area contributed by atoms with E-state index < -0.39 is 0 Å². The van der Waals surface area contributed by atoms with E-state index in [1.165, 1.54) is 57.2 Å². The molecule has 1 N–H and O–H groups in total. The first-order valence-electron chi connectivity index (χ1n) is 11.9. The first kappa shape index (κ1) is 21.9. The summed E-state index contributed by atoms with van der Waals surface area (Å²) < 4.78 is 2.48. The highest BCUT2D eigenvalue weighted by molar-refractivity contribution is 8.00. The van der Waals surface area contributed by atoms with Crippen molar-refractivity contribution in [3.63, 3.8) is 0 Å². The molecule has 4 rings (SSSR count). The summed E-state index contributed by atoms with van der Waals surface area (Å²) in [5, 5.41) is 12.3. The van der Waals surface area contributed by atoms with Crippen molar-refractivity contribution in [1.29, 1.82) is 0 Å². The maximum atomic E-state index is 5.06. The molecule has 0 aromatic carbocycles. The first-order valence-corrected chi connectivity index (χ1v) is 12.8. The van der Waals surface area contributed by atoms with Gasteiger partial charge in [-0.25, -0.2) is 4.99 Å². The van der Waals surface area contributed by atoms with Crippen molar-refractivity contribution in [2.45, 2.75) is 76.1 Å². The second-order valence-electron chi connectivity index (χ2n) is 9.18. The summed E-state index contributed by atoms with van der Waals surface area (Å²) in [4.78, 5) is 10.2. The Hall–Kier alpha value is -1.28. The van der Waals surface area contributed by atoms with E-state index in [4.69, 9.17) is 4.99 Å². The summed E-state index contributed by atoms with van der Waals surface area (Å²) >= 11 is 2.22. The van der Waals surface area contributed by atoms with Crippen LogP contribution in [0, 0.1) is 6.92 Å². The van der Waals surface area contributed by atoms with Gasteiger partial charge in [-0.3, -0.25) is 4.90 Å². The molecule has 3 aliphatic rings. The van der Waals surface area contributed by atoms with Gasteiger partial charge in [0.25, 0.3) is 0 Å². The quantitative estimate of drug-likeness (QED) is 0.569. The standard InChI is InChI=1S/C22H39N7S/c1-4-28-12-8-9-19(28)15-23-21(24-16-20-26-25-18(2)27(20)3)29-13-14-30-22(17-29)10-6-5-7-11-22/h19H,4-17H2,1-3H3,(H,23,24). The Morgan fingerprint density at radius 2 is 2.03 bits per heavy atom. The zero-order valence-electron chi connectivity index (χ0n) is 19.1. The highest BCUT2D eigenvalue weighted by Gasteiger charge is 2.38. The number of hydrogen-bond donors (Lipinski definition) is 1. The predicted molar refractivity (Wildman–Crippen MR) is 125 cm³/mol. The lowest BCUT2D eigenvalue weighted by molar-refractivity contribution is 0.260. The second kappa shape index (κ2) is 9.90. The summed E-state index contributed by atoms with van der Waals surface area (Å²) in [5.41, 5.74) is 0. The monoisotopic (exact) mass is 433 g/mol. The van der Waals surface area contributed by atoms with Gasteiger partial charge in [0.2, 0.25) is 0 Å². The number of guanidine groups is 1. The summed E-state index contributed by atoms with van der Waals surface area (Å²) in [5.74, 6) is 4.15. The van der Waals surface area contributed by atoms with E-state index in [9.17, 15) is 0 Å². The molecule has 1 aliphatic carbocycles. The van der Waals surface area contributed by atoms with Crippen LogP contribution in [0.5, 0.6) is 0 Å². The molecule has 1 saturated carbocycles. The van der Waals surface area contributed by atoms with E-state index in [-0.39, 0.29) is 0 Å². The first-order chi connectivity index (χ1) is 14.6.